The predicted molar refractivity (Wildman–Crippen MR) is 48.0 cm³/mol. The van der Waals surface area contributed by atoms with Gasteiger partial charge < -0.3 is 0 Å². The molecule has 0 rings (SSSR count). The van der Waals surface area contributed by atoms with Crippen LogP contribution in [-0.2, 0) is 0 Å². The minimum Gasteiger partial charge on any atom is -0.0916 e. The summed E-state index contributed by atoms with van der Waals surface area (Å²) in [6, 6.07) is 0. The van der Waals surface area contributed by atoms with Gasteiger partial charge in [0, 0.05) is 0 Å². The summed E-state index contributed by atoms with van der Waals surface area (Å²) >= 11 is 0. The van der Waals surface area contributed by atoms with Crippen molar-refractivity contribution in [2.75, 3.05) is 0 Å². The predicted octanol–water partition coefficient (Wildman–Crippen LogP) is 3.55. The molecule has 0 aliphatic carbocycles. The van der Waals surface area contributed by atoms with Crippen molar-refractivity contribution in [1.29, 1.82) is 0 Å². The standard InChI is InChI=1S/C10H18/c1-4-7-9-10(6-3)8-5-2/h4-5,7-8,10H,6,9H2,1-3H3/b7-4+,8-5+. The van der Waals surface area contributed by atoms with E-state index in [9.17, 15) is 0 Å². The van der Waals surface area contributed by atoms with Crippen molar-refractivity contribution in [1.82, 2.24) is 0 Å². The second-order valence-electron chi connectivity index (χ2n) is 2.50. The quantitative estimate of drug-likeness (QED) is 0.521. The van der Waals surface area contributed by atoms with Crippen LogP contribution < -0.4 is 0 Å². The lowest BCUT2D eigenvalue weighted by Crippen LogP contribution is -1.90. The Morgan fingerprint density at radius 1 is 1.20 bits per heavy atom. The molecular formula is C10H18. The van der Waals surface area contributed by atoms with Crippen molar-refractivity contribution in [3.8, 4) is 0 Å². The molecule has 0 aliphatic heterocycles. The van der Waals surface area contributed by atoms with Gasteiger partial charge in [-0.2, -0.15) is 0 Å². The van der Waals surface area contributed by atoms with E-state index in [1.807, 2.05) is 0 Å². The summed E-state index contributed by atoms with van der Waals surface area (Å²) in [6.45, 7) is 6.38. The highest BCUT2D eigenvalue weighted by Crippen LogP contribution is 2.09. The second-order valence-corrected chi connectivity index (χ2v) is 2.50. The summed E-state index contributed by atoms with van der Waals surface area (Å²) in [5.41, 5.74) is 0. The third kappa shape index (κ3) is 4.37. The lowest BCUT2D eigenvalue weighted by molar-refractivity contribution is 0.637. The molecule has 0 radical (unpaired) electrons. The Labute approximate surface area is 64.6 Å². The summed E-state index contributed by atoms with van der Waals surface area (Å²) in [7, 11) is 0. The van der Waals surface area contributed by atoms with Crippen LogP contribution in [-0.4, -0.2) is 0 Å². The molecule has 0 heteroatoms. The van der Waals surface area contributed by atoms with Crippen molar-refractivity contribution in [2.24, 2.45) is 5.92 Å². The fourth-order valence-electron chi connectivity index (χ4n) is 0.964. The highest BCUT2D eigenvalue weighted by atomic mass is 14.0. The molecule has 0 aliphatic rings. The molecule has 0 saturated heterocycles. The molecule has 0 aromatic heterocycles. The molecule has 0 saturated carbocycles. The van der Waals surface area contributed by atoms with E-state index in [4.69, 9.17) is 0 Å². The van der Waals surface area contributed by atoms with Crippen molar-refractivity contribution in [3.63, 3.8) is 0 Å². The number of allylic oxidation sites excluding steroid dienone is 4. The van der Waals surface area contributed by atoms with Gasteiger partial charge in [0.15, 0.2) is 0 Å². The Morgan fingerprint density at radius 2 is 1.90 bits per heavy atom. The smallest absolute Gasteiger partial charge is 0.0202 e. The first-order chi connectivity index (χ1) is 4.85. The first-order valence-electron chi connectivity index (χ1n) is 4.09. The molecule has 0 fully saturated rings. The van der Waals surface area contributed by atoms with Gasteiger partial charge in [-0.3, -0.25) is 0 Å². The molecule has 1 atom stereocenters. The molecule has 0 bridgehead atoms. The first-order valence-corrected chi connectivity index (χ1v) is 4.09. The van der Waals surface area contributed by atoms with E-state index < -0.39 is 0 Å². The number of rotatable bonds is 4. The van der Waals surface area contributed by atoms with E-state index in [0.29, 0.717) is 0 Å². The molecule has 0 heterocycles. The van der Waals surface area contributed by atoms with Gasteiger partial charge in [0.1, 0.15) is 0 Å². The monoisotopic (exact) mass is 138 g/mol. The maximum absolute atomic E-state index is 2.28. The zero-order valence-corrected chi connectivity index (χ0v) is 7.30. The molecule has 1 unspecified atom stereocenters. The minimum absolute atomic E-state index is 0.751. The van der Waals surface area contributed by atoms with Crippen LogP contribution in [0.1, 0.15) is 33.6 Å². The van der Waals surface area contributed by atoms with Gasteiger partial charge in [0.25, 0.3) is 0 Å². The number of hydrogen-bond donors (Lipinski definition) is 0. The molecule has 0 amide bonds. The minimum atomic E-state index is 0.751. The molecule has 0 aromatic rings. The molecule has 0 aromatic carbocycles. The third-order valence-electron chi connectivity index (χ3n) is 1.66. The van der Waals surface area contributed by atoms with Crippen molar-refractivity contribution >= 4 is 0 Å². The van der Waals surface area contributed by atoms with Gasteiger partial charge in [0.2, 0.25) is 0 Å². The zero-order valence-electron chi connectivity index (χ0n) is 7.30. The van der Waals surface area contributed by atoms with Crippen LogP contribution in [0.15, 0.2) is 24.3 Å². The molecule has 0 N–H and O–H groups in total. The van der Waals surface area contributed by atoms with Crippen LogP contribution in [0.2, 0.25) is 0 Å². The van der Waals surface area contributed by atoms with Crippen LogP contribution in [0, 0.1) is 5.92 Å². The number of hydrogen-bond acceptors (Lipinski definition) is 0. The highest BCUT2D eigenvalue weighted by Gasteiger charge is 1.95. The van der Waals surface area contributed by atoms with E-state index in [2.05, 4.69) is 45.1 Å². The fourth-order valence-corrected chi connectivity index (χ4v) is 0.964. The van der Waals surface area contributed by atoms with E-state index in [1.54, 1.807) is 0 Å². The van der Waals surface area contributed by atoms with E-state index in [0.717, 1.165) is 5.92 Å². The van der Waals surface area contributed by atoms with Crippen LogP contribution >= 0.6 is 0 Å². The maximum atomic E-state index is 2.28. The van der Waals surface area contributed by atoms with Crippen LogP contribution in [0.5, 0.6) is 0 Å². The maximum Gasteiger partial charge on any atom is -0.0202 e. The van der Waals surface area contributed by atoms with Gasteiger partial charge >= 0.3 is 0 Å². The largest absolute Gasteiger partial charge is 0.0916 e. The van der Waals surface area contributed by atoms with Gasteiger partial charge in [-0.25, -0.2) is 0 Å². The van der Waals surface area contributed by atoms with Gasteiger partial charge in [-0.1, -0.05) is 31.2 Å². The zero-order chi connectivity index (χ0) is 7.82. The summed E-state index contributed by atoms with van der Waals surface area (Å²) in [6.07, 6.45) is 11.2. The Hall–Kier alpha value is -0.520. The first kappa shape index (κ1) is 9.48. The van der Waals surface area contributed by atoms with Crippen molar-refractivity contribution < 1.29 is 0 Å². The van der Waals surface area contributed by atoms with Crippen LogP contribution in [0.4, 0.5) is 0 Å². The summed E-state index contributed by atoms with van der Waals surface area (Å²) in [5, 5.41) is 0. The van der Waals surface area contributed by atoms with Gasteiger partial charge in [-0.15, -0.1) is 0 Å². The van der Waals surface area contributed by atoms with Gasteiger partial charge in [0.05, 0.1) is 0 Å². The van der Waals surface area contributed by atoms with Crippen molar-refractivity contribution in [2.45, 2.75) is 33.6 Å². The second kappa shape index (κ2) is 6.60. The summed E-state index contributed by atoms with van der Waals surface area (Å²) < 4.78 is 0. The third-order valence-corrected chi connectivity index (χ3v) is 1.66. The Kier molecular flexibility index (Phi) is 6.25. The average Bonchev–Trinajstić information content (AvgIpc) is 1.98. The molecule has 10 heavy (non-hydrogen) atoms. The highest BCUT2D eigenvalue weighted by molar-refractivity contribution is 4.90. The Morgan fingerprint density at radius 3 is 2.30 bits per heavy atom. The molecule has 58 valence electrons. The average molecular weight is 138 g/mol. The lowest BCUT2D eigenvalue weighted by atomic mass is 10.0. The normalized spacial score (nSPS) is 15.1. The van der Waals surface area contributed by atoms with E-state index >= 15 is 0 Å². The lowest BCUT2D eigenvalue weighted by Gasteiger charge is -2.04. The Bertz CT molecular complexity index is 109. The topological polar surface area (TPSA) is 0 Å². The Balaban J connectivity index is 3.60. The summed E-state index contributed by atoms with van der Waals surface area (Å²) in [4.78, 5) is 0. The van der Waals surface area contributed by atoms with Crippen LogP contribution in [0.3, 0.4) is 0 Å². The van der Waals surface area contributed by atoms with Gasteiger partial charge in [-0.05, 0) is 32.6 Å². The molecule has 0 spiro atoms. The van der Waals surface area contributed by atoms with Crippen LogP contribution in [0.25, 0.3) is 0 Å². The van der Waals surface area contributed by atoms with E-state index in [-0.39, 0.29) is 0 Å². The fraction of sp³-hybridized carbons (Fsp3) is 0.600. The molecule has 0 nitrogen and oxygen atoms in total. The molecular weight excluding hydrogens is 120 g/mol. The van der Waals surface area contributed by atoms with E-state index in [1.165, 1.54) is 12.8 Å². The summed E-state index contributed by atoms with van der Waals surface area (Å²) in [5.74, 6) is 0.751. The van der Waals surface area contributed by atoms with Crippen molar-refractivity contribution in [3.05, 3.63) is 24.3 Å². The SMILES string of the molecule is C/C=C/CC(/C=C/C)CC.